The Hall–Kier alpha value is -2.62. The lowest BCUT2D eigenvalue weighted by Crippen LogP contribution is -2.24. The molecule has 0 unspecified atom stereocenters. The second-order valence-corrected chi connectivity index (χ2v) is 5.38. The number of hydrogen-bond acceptors (Lipinski definition) is 2. The topological polar surface area (TPSA) is 46.9 Å². The fraction of sp³-hybridized carbons (Fsp3) is 0.222. The van der Waals surface area contributed by atoms with Crippen molar-refractivity contribution in [1.29, 1.82) is 0 Å². The van der Waals surface area contributed by atoms with E-state index in [0.717, 1.165) is 16.6 Å². The Bertz CT molecular complexity index is 792. The number of carbonyl (C=O) groups is 1. The molecule has 0 saturated carbocycles. The molecule has 0 aliphatic rings. The molecule has 0 atom stereocenters. The summed E-state index contributed by atoms with van der Waals surface area (Å²) in [5.74, 6) is 0.0565. The van der Waals surface area contributed by atoms with Crippen LogP contribution in [0.25, 0.3) is 11.0 Å². The van der Waals surface area contributed by atoms with Gasteiger partial charge in [-0.05, 0) is 30.2 Å². The molecular formula is C18H19N3O. The first-order chi connectivity index (χ1) is 10.7. The van der Waals surface area contributed by atoms with Crippen LogP contribution < -0.4 is 5.32 Å². The van der Waals surface area contributed by atoms with Crippen LogP contribution in [-0.2, 0) is 17.9 Å². The fourth-order valence-electron chi connectivity index (χ4n) is 2.50. The molecule has 1 N–H and O–H groups in total. The van der Waals surface area contributed by atoms with Gasteiger partial charge in [-0.2, -0.15) is 0 Å². The number of nitrogens with zero attached hydrogens (tertiary/aromatic N) is 2. The largest absolute Gasteiger partial charge is 0.352 e. The monoisotopic (exact) mass is 293 g/mol. The Labute approximate surface area is 129 Å². The Morgan fingerprint density at radius 1 is 1.14 bits per heavy atom. The molecule has 3 rings (SSSR count). The van der Waals surface area contributed by atoms with Crippen molar-refractivity contribution < 1.29 is 4.79 Å². The smallest absolute Gasteiger partial charge is 0.222 e. The summed E-state index contributed by atoms with van der Waals surface area (Å²) in [6.07, 6.45) is 2.24. The molecule has 4 nitrogen and oxygen atoms in total. The van der Waals surface area contributed by atoms with E-state index in [-0.39, 0.29) is 5.91 Å². The number of imidazole rings is 1. The van der Waals surface area contributed by atoms with E-state index < -0.39 is 0 Å². The molecule has 4 heteroatoms. The minimum atomic E-state index is 0.0565. The predicted molar refractivity (Wildman–Crippen MR) is 87.4 cm³/mol. The second-order valence-electron chi connectivity index (χ2n) is 5.38. The lowest BCUT2D eigenvalue weighted by Gasteiger charge is -2.08. The minimum absolute atomic E-state index is 0.0565. The Morgan fingerprint density at radius 2 is 1.91 bits per heavy atom. The van der Waals surface area contributed by atoms with E-state index in [0.29, 0.717) is 19.5 Å². The normalized spacial score (nSPS) is 10.8. The van der Waals surface area contributed by atoms with Crippen molar-refractivity contribution >= 4 is 16.9 Å². The van der Waals surface area contributed by atoms with Gasteiger partial charge in [0, 0.05) is 19.5 Å². The highest BCUT2D eigenvalue weighted by molar-refractivity contribution is 5.77. The second kappa shape index (κ2) is 6.43. The highest BCUT2D eigenvalue weighted by atomic mass is 16.1. The van der Waals surface area contributed by atoms with E-state index >= 15 is 0 Å². The highest BCUT2D eigenvalue weighted by Gasteiger charge is 2.06. The lowest BCUT2D eigenvalue weighted by atomic mass is 10.1. The predicted octanol–water partition coefficient (Wildman–Crippen LogP) is 3.05. The van der Waals surface area contributed by atoms with E-state index in [9.17, 15) is 4.79 Å². The summed E-state index contributed by atoms with van der Waals surface area (Å²) >= 11 is 0. The van der Waals surface area contributed by atoms with Crippen molar-refractivity contribution in [2.24, 2.45) is 0 Å². The number of rotatable bonds is 5. The fourth-order valence-corrected chi connectivity index (χ4v) is 2.50. The van der Waals surface area contributed by atoms with Gasteiger partial charge in [-0.25, -0.2) is 4.98 Å². The van der Waals surface area contributed by atoms with Gasteiger partial charge in [-0.1, -0.05) is 36.4 Å². The molecule has 1 aromatic heterocycles. The van der Waals surface area contributed by atoms with Gasteiger partial charge in [-0.15, -0.1) is 0 Å². The van der Waals surface area contributed by atoms with Crippen LogP contribution in [0, 0.1) is 6.92 Å². The quantitative estimate of drug-likeness (QED) is 0.786. The van der Waals surface area contributed by atoms with Crippen LogP contribution in [0.15, 0.2) is 54.9 Å². The minimum Gasteiger partial charge on any atom is -0.352 e. The number of nitrogens with one attached hydrogen (secondary N) is 1. The van der Waals surface area contributed by atoms with E-state index in [2.05, 4.69) is 23.3 Å². The third-order valence-corrected chi connectivity index (χ3v) is 3.84. The molecule has 0 radical (unpaired) electrons. The number of carbonyl (C=O) groups excluding carboxylic acids is 1. The summed E-state index contributed by atoms with van der Waals surface area (Å²) in [6.45, 7) is 3.27. The van der Waals surface area contributed by atoms with Crippen LogP contribution in [0.5, 0.6) is 0 Å². The van der Waals surface area contributed by atoms with Gasteiger partial charge in [-0.3, -0.25) is 4.79 Å². The van der Waals surface area contributed by atoms with Gasteiger partial charge in [0.25, 0.3) is 0 Å². The van der Waals surface area contributed by atoms with Gasteiger partial charge >= 0.3 is 0 Å². The Balaban J connectivity index is 1.55. The van der Waals surface area contributed by atoms with Gasteiger partial charge in [0.2, 0.25) is 5.91 Å². The molecule has 0 aliphatic heterocycles. The first kappa shape index (κ1) is 14.3. The van der Waals surface area contributed by atoms with Crippen LogP contribution in [0.1, 0.15) is 17.5 Å². The van der Waals surface area contributed by atoms with Crippen molar-refractivity contribution in [2.45, 2.75) is 26.4 Å². The molecule has 0 aliphatic carbocycles. The molecule has 1 heterocycles. The van der Waals surface area contributed by atoms with Crippen molar-refractivity contribution in [3.63, 3.8) is 0 Å². The molecule has 0 saturated heterocycles. The van der Waals surface area contributed by atoms with Crippen molar-refractivity contribution in [1.82, 2.24) is 14.9 Å². The van der Waals surface area contributed by atoms with E-state index in [1.54, 1.807) is 6.33 Å². The zero-order valence-electron chi connectivity index (χ0n) is 12.6. The van der Waals surface area contributed by atoms with Crippen molar-refractivity contribution in [3.8, 4) is 0 Å². The zero-order chi connectivity index (χ0) is 15.4. The summed E-state index contributed by atoms with van der Waals surface area (Å²) < 4.78 is 2.02. The standard InChI is InChI=1S/C18H19N3O/c1-14-6-2-3-7-15(14)12-19-18(22)10-11-21-13-20-16-8-4-5-9-17(16)21/h2-9,13H,10-12H2,1H3,(H,19,22). The first-order valence-corrected chi connectivity index (χ1v) is 7.45. The molecule has 0 spiro atoms. The van der Waals surface area contributed by atoms with Gasteiger partial charge < -0.3 is 9.88 Å². The molecule has 0 fully saturated rings. The zero-order valence-corrected chi connectivity index (χ0v) is 12.6. The average Bonchev–Trinajstić information content (AvgIpc) is 2.95. The molecular weight excluding hydrogens is 274 g/mol. The Morgan fingerprint density at radius 3 is 2.77 bits per heavy atom. The molecule has 1 amide bonds. The third kappa shape index (κ3) is 3.17. The summed E-state index contributed by atoms with van der Waals surface area (Å²) in [5, 5.41) is 2.98. The maximum atomic E-state index is 12.0. The van der Waals surface area contributed by atoms with Crippen molar-refractivity contribution in [2.75, 3.05) is 0 Å². The first-order valence-electron chi connectivity index (χ1n) is 7.45. The maximum Gasteiger partial charge on any atom is 0.222 e. The summed E-state index contributed by atoms with van der Waals surface area (Å²) in [6, 6.07) is 16.0. The van der Waals surface area contributed by atoms with Crippen LogP contribution in [-0.4, -0.2) is 15.5 Å². The molecule has 0 bridgehead atoms. The highest BCUT2D eigenvalue weighted by Crippen LogP contribution is 2.12. The molecule has 3 aromatic rings. The van der Waals surface area contributed by atoms with Crippen LogP contribution in [0.3, 0.4) is 0 Å². The molecule has 112 valence electrons. The van der Waals surface area contributed by atoms with Crippen LogP contribution >= 0.6 is 0 Å². The van der Waals surface area contributed by atoms with Crippen LogP contribution in [0.2, 0.25) is 0 Å². The van der Waals surface area contributed by atoms with E-state index in [1.807, 2.05) is 47.0 Å². The number of amides is 1. The number of fused-ring (bicyclic) bond motifs is 1. The average molecular weight is 293 g/mol. The SMILES string of the molecule is Cc1ccccc1CNC(=O)CCn1cnc2ccccc21. The molecule has 2 aromatic carbocycles. The number of para-hydroxylation sites is 2. The number of aromatic nitrogens is 2. The van der Waals surface area contributed by atoms with E-state index in [4.69, 9.17) is 0 Å². The number of hydrogen-bond donors (Lipinski definition) is 1. The lowest BCUT2D eigenvalue weighted by molar-refractivity contribution is -0.121. The summed E-state index contributed by atoms with van der Waals surface area (Å²) in [7, 11) is 0. The number of benzene rings is 2. The maximum absolute atomic E-state index is 12.0. The van der Waals surface area contributed by atoms with Gasteiger partial charge in [0.05, 0.1) is 17.4 Å². The molecule has 22 heavy (non-hydrogen) atoms. The van der Waals surface area contributed by atoms with E-state index in [1.165, 1.54) is 5.56 Å². The number of aryl methyl sites for hydroxylation is 2. The van der Waals surface area contributed by atoms with Crippen LogP contribution in [0.4, 0.5) is 0 Å². The van der Waals surface area contributed by atoms with Gasteiger partial charge in [0.1, 0.15) is 0 Å². The van der Waals surface area contributed by atoms with Crippen molar-refractivity contribution in [3.05, 3.63) is 66.0 Å². The Kier molecular flexibility index (Phi) is 4.19. The third-order valence-electron chi connectivity index (χ3n) is 3.84. The summed E-state index contributed by atoms with van der Waals surface area (Å²) in [4.78, 5) is 16.3. The van der Waals surface area contributed by atoms with Gasteiger partial charge in [0.15, 0.2) is 0 Å². The summed E-state index contributed by atoms with van der Waals surface area (Å²) in [5.41, 5.74) is 4.38.